The molecular weight excluding hydrogens is 248 g/mol. The van der Waals surface area contributed by atoms with E-state index in [0.717, 1.165) is 6.08 Å². The van der Waals surface area contributed by atoms with E-state index in [2.05, 4.69) is 4.74 Å². The van der Waals surface area contributed by atoms with Crippen molar-refractivity contribution in [2.45, 2.75) is 30.8 Å². The predicted octanol–water partition coefficient (Wildman–Crippen LogP) is 0.382. The smallest absolute Gasteiger partial charge is 0.352 e. The van der Waals surface area contributed by atoms with Gasteiger partial charge in [-0.3, -0.25) is 4.79 Å². The van der Waals surface area contributed by atoms with Crippen molar-refractivity contribution < 1.29 is 28.2 Å². The number of carbonyl (C=O) groups is 2. The van der Waals surface area contributed by atoms with E-state index in [1.807, 2.05) is 5.32 Å². The van der Waals surface area contributed by atoms with Crippen molar-refractivity contribution >= 4 is 11.9 Å². The van der Waals surface area contributed by atoms with E-state index in [9.17, 15) is 23.5 Å². The van der Waals surface area contributed by atoms with Crippen molar-refractivity contribution in [2.24, 2.45) is 0 Å². The van der Waals surface area contributed by atoms with E-state index in [1.165, 1.54) is 13.2 Å². The van der Waals surface area contributed by atoms with Gasteiger partial charge in [0.1, 0.15) is 5.60 Å². The number of halogens is 2. The van der Waals surface area contributed by atoms with Gasteiger partial charge >= 0.3 is 11.9 Å². The molecule has 1 aliphatic carbocycles. The molecule has 0 atom stereocenters. The summed E-state index contributed by atoms with van der Waals surface area (Å²) in [7, 11) is 1.17. The van der Waals surface area contributed by atoms with E-state index >= 15 is 0 Å². The molecule has 7 heteroatoms. The van der Waals surface area contributed by atoms with Gasteiger partial charge in [0, 0.05) is 12.6 Å². The van der Waals surface area contributed by atoms with Crippen LogP contribution in [0, 0.1) is 0 Å². The van der Waals surface area contributed by atoms with Crippen LogP contribution in [0.15, 0.2) is 12.2 Å². The zero-order chi connectivity index (χ0) is 13.8. The van der Waals surface area contributed by atoms with Gasteiger partial charge in [-0.1, -0.05) is 6.08 Å². The maximum atomic E-state index is 13.5. The van der Waals surface area contributed by atoms with Crippen LogP contribution >= 0.6 is 0 Å². The van der Waals surface area contributed by atoms with Gasteiger partial charge < -0.3 is 15.2 Å². The number of carbonyl (C=O) groups excluding carboxylic acids is 2. The number of rotatable bonds is 5. The Bertz CT molecular complexity index is 364. The molecule has 0 radical (unpaired) electrons. The highest BCUT2D eigenvalue weighted by Crippen LogP contribution is 2.44. The number of hydrogen-bond acceptors (Lipinski definition) is 4. The quantitative estimate of drug-likeness (QED) is 0.555. The maximum Gasteiger partial charge on any atom is 0.352 e. The molecular formula is C11H15F2NO4. The molecule has 0 aliphatic heterocycles. The molecule has 1 fully saturated rings. The van der Waals surface area contributed by atoms with E-state index < -0.39 is 23.4 Å². The van der Waals surface area contributed by atoms with Gasteiger partial charge in [-0.05, 0) is 19.3 Å². The number of hydrogen-bond donors (Lipinski definition) is 2. The first-order valence-corrected chi connectivity index (χ1v) is 5.46. The molecule has 1 rings (SSSR count). The Kier molecular flexibility index (Phi) is 4.39. The van der Waals surface area contributed by atoms with Crippen molar-refractivity contribution in [1.29, 1.82) is 0 Å². The molecule has 0 aromatic carbocycles. The molecule has 1 amide bonds. The molecule has 18 heavy (non-hydrogen) atoms. The van der Waals surface area contributed by atoms with Crippen molar-refractivity contribution in [3.05, 3.63) is 12.2 Å². The number of amides is 1. The molecule has 0 aromatic heterocycles. The fraction of sp³-hybridized carbons (Fsp3) is 0.636. The average Bonchev–Trinajstić information content (AvgIpc) is 2.30. The average molecular weight is 263 g/mol. The largest absolute Gasteiger partial charge is 0.466 e. The maximum absolute atomic E-state index is 13.5. The summed E-state index contributed by atoms with van der Waals surface area (Å²) in [5.41, 5.74) is -2.23. The molecule has 2 N–H and O–H groups in total. The summed E-state index contributed by atoms with van der Waals surface area (Å²) < 4.78 is 31.3. The Morgan fingerprint density at radius 2 is 2.11 bits per heavy atom. The zero-order valence-corrected chi connectivity index (χ0v) is 9.91. The molecule has 102 valence electrons. The monoisotopic (exact) mass is 263 g/mol. The number of ether oxygens (including phenoxy) is 1. The summed E-state index contributed by atoms with van der Waals surface area (Å²) in [5, 5.41) is 11.4. The van der Waals surface area contributed by atoms with E-state index in [-0.39, 0.29) is 19.4 Å². The third-order valence-corrected chi connectivity index (χ3v) is 2.89. The first kappa shape index (κ1) is 14.6. The summed E-state index contributed by atoms with van der Waals surface area (Å²) >= 11 is 0. The summed E-state index contributed by atoms with van der Waals surface area (Å²) in [4.78, 5) is 21.9. The minimum Gasteiger partial charge on any atom is -0.466 e. The fourth-order valence-corrected chi connectivity index (χ4v) is 1.52. The van der Waals surface area contributed by atoms with Crippen LogP contribution in [0.5, 0.6) is 0 Å². The van der Waals surface area contributed by atoms with Crippen molar-refractivity contribution in [3.63, 3.8) is 0 Å². The first-order chi connectivity index (χ1) is 8.33. The van der Waals surface area contributed by atoms with Gasteiger partial charge in [-0.2, -0.15) is 8.78 Å². The van der Waals surface area contributed by atoms with Crippen LogP contribution in [-0.4, -0.2) is 42.2 Å². The number of alkyl halides is 2. The van der Waals surface area contributed by atoms with Crippen LogP contribution in [0.3, 0.4) is 0 Å². The zero-order valence-electron chi connectivity index (χ0n) is 9.91. The van der Waals surface area contributed by atoms with Gasteiger partial charge in [0.25, 0.3) is 5.91 Å². The Hall–Kier alpha value is -1.50. The fourth-order valence-electron chi connectivity index (χ4n) is 1.52. The second-order valence-electron chi connectivity index (χ2n) is 4.10. The highest BCUT2D eigenvalue weighted by molar-refractivity contribution is 5.85. The van der Waals surface area contributed by atoms with Crippen molar-refractivity contribution in [1.82, 2.24) is 5.32 Å². The number of esters is 1. The minimum atomic E-state index is -3.82. The molecule has 0 unspecified atom stereocenters. The van der Waals surface area contributed by atoms with Crippen LogP contribution in [-0.2, 0) is 14.3 Å². The van der Waals surface area contributed by atoms with Crippen LogP contribution in [0.2, 0.25) is 0 Å². The highest BCUT2D eigenvalue weighted by Gasteiger charge is 2.60. The van der Waals surface area contributed by atoms with Crippen LogP contribution < -0.4 is 5.32 Å². The highest BCUT2D eigenvalue weighted by atomic mass is 19.3. The molecule has 0 spiro atoms. The van der Waals surface area contributed by atoms with Gasteiger partial charge in [0.05, 0.1) is 7.11 Å². The Labute approximate surface area is 103 Å². The molecule has 5 nitrogen and oxygen atoms in total. The third kappa shape index (κ3) is 2.84. The number of nitrogens with one attached hydrogen (secondary N) is 1. The van der Waals surface area contributed by atoms with Crippen LogP contribution in [0.1, 0.15) is 19.3 Å². The predicted molar refractivity (Wildman–Crippen MR) is 57.9 cm³/mol. The van der Waals surface area contributed by atoms with Crippen molar-refractivity contribution in [2.75, 3.05) is 13.7 Å². The van der Waals surface area contributed by atoms with E-state index in [0.29, 0.717) is 6.42 Å². The van der Waals surface area contributed by atoms with Crippen LogP contribution in [0.25, 0.3) is 0 Å². The van der Waals surface area contributed by atoms with Gasteiger partial charge in [0.2, 0.25) is 0 Å². The second-order valence-corrected chi connectivity index (χ2v) is 4.10. The van der Waals surface area contributed by atoms with Gasteiger partial charge in [0.15, 0.2) is 0 Å². The lowest BCUT2D eigenvalue weighted by molar-refractivity contribution is -0.215. The Morgan fingerprint density at radius 3 is 2.56 bits per heavy atom. The summed E-state index contributed by atoms with van der Waals surface area (Å²) in [6, 6.07) is 0. The lowest BCUT2D eigenvalue weighted by Crippen LogP contribution is -2.60. The standard InChI is InChI=1S/C11H15F2NO4/c1-18-8(15)4-2-7-14-9(16)11(12,13)10(17)5-3-6-10/h2,4,17H,3,5-7H2,1H3,(H,14,16)/b4-2+. The second kappa shape index (κ2) is 5.43. The molecule has 0 saturated heterocycles. The lowest BCUT2D eigenvalue weighted by atomic mass is 9.75. The Morgan fingerprint density at radius 1 is 1.50 bits per heavy atom. The summed E-state index contributed by atoms with van der Waals surface area (Å²) in [6.07, 6.45) is 2.49. The van der Waals surface area contributed by atoms with Gasteiger partial charge in [-0.25, -0.2) is 4.79 Å². The molecule has 0 aromatic rings. The van der Waals surface area contributed by atoms with Crippen LogP contribution in [0.4, 0.5) is 8.78 Å². The van der Waals surface area contributed by atoms with E-state index in [1.54, 1.807) is 0 Å². The molecule has 1 saturated carbocycles. The first-order valence-electron chi connectivity index (χ1n) is 5.46. The Balaban J connectivity index is 2.45. The minimum absolute atomic E-state index is 0.0918. The van der Waals surface area contributed by atoms with E-state index in [4.69, 9.17) is 0 Å². The third-order valence-electron chi connectivity index (χ3n) is 2.89. The SMILES string of the molecule is COC(=O)/C=C/CNC(=O)C(F)(F)C1(O)CCC1. The summed E-state index contributed by atoms with van der Waals surface area (Å²) in [6.45, 7) is -0.237. The topological polar surface area (TPSA) is 75.6 Å². The molecule has 1 aliphatic rings. The number of methoxy groups -OCH3 is 1. The number of aliphatic hydroxyl groups is 1. The molecule has 0 heterocycles. The summed E-state index contributed by atoms with van der Waals surface area (Å²) in [5.74, 6) is -6.00. The van der Waals surface area contributed by atoms with Gasteiger partial charge in [-0.15, -0.1) is 0 Å². The molecule has 0 bridgehead atoms. The lowest BCUT2D eigenvalue weighted by Gasteiger charge is -2.41. The van der Waals surface area contributed by atoms with Crippen molar-refractivity contribution in [3.8, 4) is 0 Å². The normalized spacial score (nSPS) is 18.2.